The van der Waals surface area contributed by atoms with Crippen molar-refractivity contribution >= 4 is 23.2 Å². The molecule has 0 heterocycles. The molecule has 0 unspecified atom stereocenters. The fourth-order valence-electron chi connectivity index (χ4n) is 0.963. The maximum Gasteiger partial charge on any atom is 0.233 e. The second kappa shape index (κ2) is 4.27. The third-order valence-corrected chi connectivity index (χ3v) is 1.57. The summed E-state index contributed by atoms with van der Waals surface area (Å²) in [5.41, 5.74) is 11.4. The number of primary amides is 1. The van der Waals surface area contributed by atoms with Gasteiger partial charge in [-0.05, 0) is 12.1 Å². The molecule has 5 heteroatoms. The van der Waals surface area contributed by atoms with Gasteiger partial charge in [0.1, 0.15) is 6.42 Å². The molecule has 0 aliphatic heterocycles. The summed E-state index contributed by atoms with van der Waals surface area (Å²) in [6.45, 7) is 0. The van der Waals surface area contributed by atoms with E-state index in [1.165, 1.54) is 0 Å². The molecule has 1 aromatic rings. The molecule has 0 spiro atoms. The van der Waals surface area contributed by atoms with Crippen LogP contribution in [0.1, 0.15) is 6.42 Å². The van der Waals surface area contributed by atoms with Crippen LogP contribution in [-0.4, -0.2) is 11.8 Å². The minimum absolute atomic E-state index is 0.339. The van der Waals surface area contributed by atoms with Gasteiger partial charge in [0.05, 0.1) is 11.4 Å². The Bertz CT molecular complexity index is 363. The number of para-hydroxylation sites is 2. The number of rotatable bonds is 3. The van der Waals surface area contributed by atoms with Gasteiger partial charge in [0.2, 0.25) is 11.8 Å². The van der Waals surface area contributed by atoms with Gasteiger partial charge in [-0.1, -0.05) is 12.1 Å². The Morgan fingerprint density at radius 2 is 1.93 bits per heavy atom. The highest BCUT2D eigenvalue weighted by Crippen LogP contribution is 2.16. The Morgan fingerprint density at radius 1 is 1.29 bits per heavy atom. The maximum atomic E-state index is 11.1. The molecule has 2 amide bonds. The van der Waals surface area contributed by atoms with Gasteiger partial charge in [-0.15, -0.1) is 0 Å². The Morgan fingerprint density at radius 3 is 2.50 bits per heavy atom. The monoisotopic (exact) mass is 193 g/mol. The van der Waals surface area contributed by atoms with Gasteiger partial charge in [-0.2, -0.15) is 0 Å². The van der Waals surface area contributed by atoms with Crippen LogP contribution in [0.2, 0.25) is 0 Å². The Labute approximate surface area is 81.1 Å². The Kier molecular flexibility index (Phi) is 3.06. The number of anilines is 2. The fraction of sp³-hybridized carbons (Fsp3) is 0.111. The molecular formula is C9H11N3O2. The first-order chi connectivity index (χ1) is 6.59. The van der Waals surface area contributed by atoms with Crippen molar-refractivity contribution in [1.82, 2.24) is 0 Å². The highest BCUT2D eigenvalue weighted by Gasteiger charge is 2.07. The number of nitrogen functional groups attached to an aromatic ring is 1. The molecule has 0 aliphatic carbocycles. The number of hydrogen-bond acceptors (Lipinski definition) is 3. The molecule has 1 aromatic carbocycles. The third kappa shape index (κ3) is 2.78. The highest BCUT2D eigenvalue weighted by molar-refractivity contribution is 6.04. The van der Waals surface area contributed by atoms with Gasteiger partial charge < -0.3 is 16.8 Å². The third-order valence-electron chi connectivity index (χ3n) is 1.57. The van der Waals surface area contributed by atoms with Gasteiger partial charge in [0.25, 0.3) is 0 Å². The zero-order valence-electron chi connectivity index (χ0n) is 7.49. The Hall–Kier alpha value is -2.04. The van der Waals surface area contributed by atoms with Crippen LogP contribution in [0.25, 0.3) is 0 Å². The van der Waals surface area contributed by atoms with Crippen LogP contribution in [0.4, 0.5) is 11.4 Å². The summed E-state index contributed by atoms with van der Waals surface area (Å²) >= 11 is 0. The SMILES string of the molecule is NC(=O)CC(=O)Nc1ccccc1N. The van der Waals surface area contributed by atoms with Crippen molar-refractivity contribution in [2.24, 2.45) is 5.73 Å². The summed E-state index contributed by atoms with van der Waals surface area (Å²) in [4.78, 5) is 21.5. The predicted molar refractivity (Wildman–Crippen MR) is 53.3 cm³/mol. The highest BCUT2D eigenvalue weighted by atomic mass is 16.2. The van der Waals surface area contributed by atoms with E-state index in [9.17, 15) is 9.59 Å². The van der Waals surface area contributed by atoms with Crippen LogP contribution in [0.3, 0.4) is 0 Å². The molecule has 14 heavy (non-hydrogen) atoms. The molecule has 0 aliphatic rings. The summed E-state index contributed by atoms with van der Waals surface area (Å²) in [5, 5.41) is 2.48. The normalized spacial score (nSPS) is 9.43. The van der Waals surface area contributed by atoms with E-state index in [0.29, 0.717) is 11.4 Å². The number of nitrogens with two attached hydrogens (primary N) is 2. The molecule has 5 N–H and O–H groups in total. The van der Waals surface area contributed by atoms with Crippen LogP contribution in [0.15, 0.2) is 24.3 Å². The van der Waals surface area contributed by atoms with Crippen molar-refractivity contribution in [3.8, 4) is 0 Å². The van der Waals surface area contributed by atoms with Crippen LogP contribution in [0.5, 0.6) is 0 Å². The largest absolute Gasteiger partial charge is 0.397 e. The van der Waals surface area contributed by atoms with Gasteiger partial charge in [0, 0.05) is 0 Å². The molecule has 0 saturated heterocycles. The van der Waals surface area contributed by atoms with E-state index in [4.69, 9.17) is 11.5 Å². The average molecular weight is 193 g/mol. The van der Waals surface area contributed by atoms with Gasteiger partial charge in [-0.25, -0.2) is 0 Å². The first-order valence-corrected chi connectivity index (χ1v) is 4.02. The first kappa shape index (κ1) is 10.0. The second-order valence-corrected chi connectivity index (χ2v) is 2.78. The van der Waals surface area contributed by atoms with Crippen molar-refractivity contribution in [2.75, 3.05) is 11.1 Å². The molecule has 0 fully saturated rings. The number of carbonyl (C=O) groups is 2. The quantitative estimate of drug-likeness (QED) is 0.468. The second-order valence-electron chi connectivity index (χ2n) is 2.78. The van der Waals surface area contributed by atoms with E-state index in [1.54, 1.807) is 24.3 Å². The standard InChI is InChI=1S/C9H11N3O2/c10-6-3-1-2-4-7(6)12-9(14)5-8(11)13/h1-4H,5,10H2,(H2,11,13)(H,12,14). The lowest BCUT2D eigenvalue weighted by Crippen LogP contribution is -2.21. The molecule has 0 aromatic heterocycles. The van der Waals surface area contributed by atoms with Crippen LogP contribution < -0.4 is 16.8 Å². The summed E-state index contributed by atoms with van der Waals surface area (Å²) in [6.07, 6.45) is -0.339. The lowest BCUT2D eigenvalue weighted by molar-refractivity contribution is -0.124. The Balaban J connectivity index is 2.65. The van der Waals surface area contributed by atoms with Crippen molar-refractivity contribution in [3.05, 3.63) is 24.3 Å². The minimum Gasteiger partial charge on any atom is -0.397 e. The van der Waals surface area contributed by atoms with Crippen LogP contribution in [0, 0.1) is 0 Å². The van der Waals surface area contributed by atoms with Crippen molar-refractivity contribution in [2.45, 2.75) is 6.42 Å². The number of hydrogen-bond donors (Lipinski definition) is 3. The lowest BCUT2D eigenvalue weighted by atomic mass is 10.2. The van der Waals surface area contributed by atoms with Gasteiger partial charge in [0.15, 0.2) is 0 Å². The zero-order valence-corrected chi connectivity index (χ0v) is 7.49. The summed E-state index contributed by atoms with van der Waals surface area (Å²) in [7, 11) is 0. The summed E-state index contributed by atoms with van der Waals surface area (Å²) in [6, 6.07) is 6.78. The number of amides is 2. The fourth-order valence-corrected chi connectivity index (χ4v) is 0.963. The average Bonchev–Trinajstić information content (AvgIpc) is 2.07. The van der Waals surface area contributed by atoms with E-state index < -0.39 is 11.8 Å². The minimum atomic E-state index is -0.669. The van der Waals surface area contributed by atoms with E-state index in [0.717, 1.165) is 0 Å². The molecule has 74 valence electrons. The van der Waals surface area contributed by atoms with Crippen molar-refractivity contribution < 1.29 is 9.59 Å². The smallest absolute Gasteiger partial charge is 0.233 e. The topological polar surface area (TPSA) is 98.2 Å². The molecule has 0 saturated carbocycles. The molecule has 1 rings (SSSR count). The summed E-state index contributed by atoms with van der Waals surface area (Å²) in [5.74, 6) is -1.13. The zero-order chi connectivity index (χ0) is 10.6. The van der Waals surface area contributed by atoms with Gasteiger partial charge >= 0.3 is 0 Å². The van der Waals surface area contributed by atoms with E-state index in [-0.39, 0.29) is 6.42 Å². The van der Waals surface area contributed by atoms with Crippen LogP contribution in [-0.2, 0) is 9.59 Å². The molecule has 0 atom stereocenters. The number of carbonyl (C=O) groups excluding carboxylic acids is 2. The molecule has 5 nitrogen and oxygen atoms in total. The van der Waals surface area contributed by atoms with Crippen molar-refractivity contribution in [1.29, 1.82) is 0 Å². The maximum absolute atomic E-state index is 11.1. The predicted octanol–water partition coefficient (Wildman–Crippen LogP) is 0.0827. The van der Waals surface area contributed by atoms with E-state index in [1.807, 2.05) is 0 Å². The molecule has 0 radical (unpaired) electrons. The molecule has 0 bridgehead atoms. The number of nitrogens with one attached hydrogen (secondary N) is 1. The van der Waals surface area contributed by atoms with Crippen molar-refractivity contribution in [3.63, 3.8) is 0 Å². The lowest BCUT2D eigenvalue weighted by Gasteiger charge is -2.05. The van der Waals surface area contributed by atoms with E-state index in [2.05, 4.69) is 5.32 Å². The first-order valence-electron chi connectivity index (χ1n) is 4.02. The number of benzene rings is 1. The molecular weight excluding hydrogens is 182 g/mol. The van der Waals surface area contributed by atoms with Crippen LogP contribution >= 0.6 is 0 Å². The summed E-state index contributed by atoms with van der Waals surface area (Å²) < 4.78 is 0. The van der Waals surface area contributed by atoms with E-state index >= 15 is 0 Å². The van der Waals surface area contributed by atoms with Gasteiger partial charge in [-0.3, -0.25) is 9.59 Å².